The largest absolute Gasteiger partial charge is 0.463 e. The van der Waals surface area contributed by atoms with Gasteiger partial charge in [-0.05, 0) is 0 Å². The van der Waals surface area contributed by atoms with Crippen LogP contribution in [-0.4, -0.2) is 101 Å². The molecule has 13 heteroatoms. The lowest BCUT2D eigenvalue weighted by atomic mass is 9.96. The van der Waals surface area contributed by atoms with Crippen LogP contribution in [0.3, 0.4) is 0 Å². The summed E-state index contributed by atoms with van der Waals surface area (Å²) in [5.74, 6) is -2.40. The van der Waals surface area contributed by atoms with Crippen LogP contribution in [0.2, 0.25) is 0 Å². The van der Waals surface area contributed by atoms with E-state index < -0.39 is 54.5 Å². The van der Waals surface area contributed by atoms with Gasteiger partial charge in [-0.25, -0.2) is 0 Å². The first kappa shape index (κ1) is 28.7. The maximum Gasteiger partial charge on any atom is 0.303 e. The minimum absolute atomic E-state index is 0.0585. The Labute approximate surface area is 192 Å². The number of esters is 3. The van der Waals surface area contributed by atoms with Gasteiger partial charge in [0.15, 0.2) is 18.5 Å². The number of hydrogen-bond acceptors (Lipinski definition) is 12. The van der Waals surface area contributed by atoms with Crippen LogP contribution in [0, 0.1) is 0 Å². The quantitative estimate of drug-likeness (QED) is 0.171. The van der Waals surface area contributed by atoms with Crippen molar-refractivity contribution in [2.45, 2.75) is 58.3 Å². The van der Waals surface area contributed by atoms with Gasteiger partial charge in [0.05, 0.1) is 33.0 Å². The Hall–Kier alpha value is -2.32. The standard InChI is InChI=1S/C20H34N2O11/c1-12(23)22-17-19(32-15(4)26)18(31-14(3)25)16(11-30-13(2)24)33-20(17)29-10-9-28-8-7-27-6-5-21/h16-20H,5-11,21H2,1-4H3,(H,22,23)/t16?,17?,18-,19+,20+/m0/s1. The van der Waals surface area contributed by atoms with Crippen molar-refractivity contribution in [1.82, 2.24) is 5.32 Å². The maximum atomic E-state index is 11.8. The van der Waals surface area contributed by atoms with Gasteiger partial charge >= 0.3 is 17.9 Å². The summed E-state index contributed by atoms with van der Waals surface area (Å²) in [5.41, 5.74) is 5.33. The van der Waals surface area contributed by atoms with E-state index in [1.165, 1.54) is 20.8 Å². The number of amides is 1. The second-order valence-electron chi connectivity index (χ2n) is 7.10. The molecule has 190 valence electrons. The summed E-state index contributed by atoms with van der Waals surface area (Å²) in [6, 6.07) is -1.02. The molecule has 33 heavy (non-hydrogen) atoms. The number of nitrogens with two attached hydrogens (primary N) is 1. The van der Waals surface area contributed by atoms with Crippen molar-refractivity contribution in [1.29, 1.82) is 0 Å². The zero-order chi connectivity index (χ0) is 24.8. The van der Waals surface area contributed by atoms with Crippen LogP contribution in [0.4, 0.5) is 0 Å². The third kappa shape index (κ3) is 11.4. The van der Waals surface area contributed by atoms with E-state index in [1.54, 1.807) is 0 Å². The normalized spacial score (nSPS) is 24.6. The van der Waals surface area contributed by atoms with Gasteiger partial charge in [0.1, 0.15) is 18.8 Å². The van der Waals surface area contributed by atoms with Gasteiger partial charge in [0.25, 0.3) is 0 Å². The number of ether oxygens (including phenoxy) is 7. The van der Waals surface area contributed by atoms with E-state index in [2.05, 4.69) is 5.32 Å². The van der Waals surface area contributed by atoms with Crippen LogP contribution in [0.5, 0.6) is 0 Å². The lowest BCUT2D eigenvalue weighted by Crippen LogP contribution is -2.66. The summed E-state index contributed by atoms with van der Waals surface area (Å²) in [7, 11) is 0. The molecule has 0 aromatic carbocycles. The highest BCUT2D eigenvalue weighted by atomic mass is 16.7. The molecule has 5 atom stereocenters. The van der Waals surface area contributed by atoms with Crippen LogP contribution < -0.4 is 11.1 Å². The van der Waals surface area contributed by atoms with E-state index in [9.17, 15) is 19.2 Å². The predicted octanol–water partition coefficient (Wildman–Crippen LogP) is -1.35. The monoisotopic (exact) mass is 478 g/mol. The van der Waals surface area contributed by atoms with E-state index in [1.807, 2.05) is 0 Å². The van der Waals surface area contributed by atoms with Crippen molar-refractivity contribution in [3.63, 3.8) is 0 Å². The molecule has 1 heterocycles. The Bertz CT molecular complexity index is 646. The molecule has 13 nitrogen and oxygen atoms in total. The van der Waals surface area contributed by atoms with Crippen LogP contribution in [0.1, 0.15) is 27.7 Å². The maximum absolute atomic E-state index is 11.8. The molecule has 3 N–H and O–H groups in total. The van der Waals surface area contributed by atoms with Crippen molar-refractivity contribution in [2.75, 3.05) is 46.2 Å². The van der Waals surface area contributed by atoms with Crippen LogP contribution in [0.15, 0.2) is 0 Å². The lowest BCUT2D eigenvalue weighted by Gasteiger charge is -2.44. The fourth-order valence-corrected chi connectivity index (χ4v) is 3.06. The van der Waals surface area contributed by atoms with Gasteiger partial charge < -0.3 is 44.2 Å². The molecular weight excluding hydrogens is 444 g/mol. The van der Waals surface area contributed by atoms with Gasteiger partial charge in [-0.15, -0.1) is 0 Å². The highest BCUT2D eigenvalue weighted by Gasteiger charge is 2.51. The molecule has 0 aromatic heterocycles. The molecule has 1 fully saturated rings. The molecule has 0 aliphatic carbocycles. The summed E-state index contributed by atoms with van der Waals surface area (Å²) in [5, 5.41) is 2.61. The zero-order valence-corrected chi connectivity index (χ0v) is 19.4. The van der Waals surface area contributed by atoms with Crippen molar-refractivity contribution < 1.29 is 52.3 Å². The molecule has 0 radical (unpaired) electrons. The second-order valence-corrected chi connectivity index (χ2v) is 7.10. The Morgan fingerprint density at radius 1 is 0.818 bits per heavy atom. The van der Waals surface area contributed by atoms with Crippen molar-refractivity contribution >= 4 is 23.8 Å². The van der Waals surface area contributed by atoms with Crippen LogP contribution in [0.25, 0.3) is 0 Å². The summed E-state index contributed by atoms with van der Waals surface area (Å²) in [4.78, 5) is 46.6. The molecule has 1 saturated heterocycles. The van der Waals surface area contributed by atoms with E-state index in [4.69, 9.17) is 38.9 Å². The molecule has 1 amide bonds. The molecule has 0 spiro atoms. The summed E-state index contributed by atoms with van der Waals surface area (Å²) in [6.07, 6.45) is -4.48. The van der Waals surface area contributed by atoms with Crippen LogP contribution in [-0.2, 0) is 52.3 Å². The van der Waals surface area contributed by atoms with Gasteiger partial charge in [0.2, 0.25) is 5.91 Å². The fraction of sp³-hybridized carbons (Fsp3) is 0.800. The van der Waals surface area contributed by atoms with E-state index in [0.717, 1.165) is 6.92 Å². The van der Waals surface area contributed by atoms with Gasteiger partial charge in [0, 0.05) is 34.2 Å². The number of nitrogens with one attached hydrogen (secondary N) is 1. The Morgan fingerprint density at radius 3 is 1.94 bits per heavy atom. The lowest BCUT2D eigenvalue weighted by molar-refractivity contribution is -0.279. The third-order valence-corrected chi connectivity index (χ3v) is 4.22. The SMILES string of the molecule is CC(=O)NC1[C@H](OCCOCCOCCN)OC(COC(C)=O)[C@H](OC(C)=O)[C@@H]1OC(C)=O. The molecule has 0 saturated carbocycles. The fourth-order valence-electron chi connectivity index (χ4n) is 3.06. The smallest absolute Gasteiger partial charge is 0.303 e. The minimum Gasteiger partial charge on any atom is -0.463 e. The second kappa shape index (κ2) is 15.5. The first-order chi connectivity index (χ1) is 15.6. The van der Waals surface area contributed by atoms with Crippen molar-refractivity contribution in [3.05, 3.63) is 0 Å². The van der Waals surface area contributed by atoms with Gasteiger partial charge in [-0.3, -0.25) is 19.2 Å². The highest BCUT2D eigenvalue weighted by Crippen LogP contribution is 2.28. The Morgan fingerprint density at radius 2 is 1.39 bits per heavy atom. The van der Waals surface area contributed by atoms with Gasteiger partial charge in [-0.2, -0.15) is 0 Å². The molecule has 1 aliphatic rings. The highest BCUT2D eigenvalue weighted by molar-refractivity contribution is 5.73. The first-order valence-corrected chi connectivity index (χ1v) is 10.5. The van der Waals surface area contributed by atoms with E-state index in [0.29, 0.717) is 26.4 Å². The van der Waals surface area contributed by atoms with E-state index >= 15 is 0 Å². The van der Waals surface area contributed by atoms with Crippen LogP contribution >= 0.6 is 0 Å². The van der Waals surface area contributed by atoms with E-state index in [-0.39, 0.29) is 19.8 Å². The Kier molecular flexibility index (Phi) is 13.5. The number of carbonyl (C=O) groups is 4. The molecular formula is C20H34N2O11. The average Bonchev–Trinajstić information content (AvgIpc) is 2.71. The van der Waals surface area contributed by atoms with Gasteiger partial charge in [-0.1, -0.05) is 0 Å². The molecule has 1 aliphatic heterocycles. The topological polar surface area (TPSA) is 171 Å². The molecule has 1 rings (SSSR count). The number of rotatable bonds is 14. The molecule has 0 bridgehead atoms. The molecule has 0 aromatic rings. The summed E-state index contributed by atoms with van der Waals surface area (Å²) >= 11 is 0. The average molecular weight is 478 g/mol. The summed E-state index contributed by atoms with van der Waals surface area (Å²) < 4.78 is 37.9. The number of carbonyl (C=O) groups excluding carboxylic acids is 4. The van der Waals surface area contributed by atoms with Crippen molar-refractivity contribution in [3.8, 4) is 0 Å². The van der Waals surface area contributed by atoms with Crippen molar-refractivity contribution in [2.24, 2.45) is 5.73 Å². The Balaban J connectivity index is 2.95. The third-order valence-electron chi connectivity index (χ3n) is 4.22. The zero-order valence-electron chi connectivity index (χ0n) is 19.4. The minimum atomic E-state index is -1.17. The predicted molar refractivity (Wildman–Crippen MR) is 111 cm³/mol. The number of hydrogen-bond donors (Lipinski definition) is 2. The summed E-state index contributed by atoms with van der Waals surface area (Å²) in [6.45, 7) is 6.28. The first-order valence-electron chi connectivity index (χ1n) is 10.5. The molecule has 2 unspecified atom stereocenters.